The molecule has 0 aliphatic heterocycles. The summed E-state index contributed by atoms with van der Waals surface area (Å²) in [4.78, 5) is 0.751. The molecule has 1 aliphatic rings. The number of ether oxygens (including phenoxy) is 1. The second-order valence-corrected chi connectivity index (χ2v) is 7.06. The van der Waals surface area contributed by atoms with Gasteiger partial charge in [0, 0.05) is 10.9 Å². The molecule has 0 spiro atoms. The van der Waals surface area contributed by atoms with Crippen LogP contribution in [0.15, 0.2) is 23.1 Å². The molecule has 0 amide bonds. The Balaban J connectivity index is 2.24. The molecular formula is C16H25NO2S. The average Bonchev–Trinajstić information content (AvgIpc) is 2.48. The Morgan fingerprint density at radius 1 is 1.30 bits per heavy atom. The summed E-state index contributed by atoms with van der Waals surface area (Å²) in [7, 11) is -1.03. The Kier molecular flexibility index (Phi) is 5.46. The zero-order valence-electron chi connectivity index (χ0n) is 12.4. The SMILES string of the molecule is CCOc1ccc(N)c(S(=O)C2CCCCC2CC)c1. The Labute approximate surface area is 124 Å². The van der Waals surface area contributed by atoms with E-state index >= 15 is 0 Å². The van der Waals surface area contributed by atoms with E-state index in [1.54, 1.807) is 0 Å². The van der Waals surface area contributed by atoms with Crippen molar-refractivity contribution in [2.45, 2.75) is 56.1 Å². The minimum Gasteiger partial charge on any atom is -0.494 e. The number of anilines is 1. The largest absolute Gasteiger partial charge is 0.494 e. The predicted octanol–water partition coefficient (Wildman–Crippen LogP) is 3.74. The molecule has 0 aromatic heterocycles. The summed E-state index contributed by atoms with van der Waals surface area (Å²) in [5.74, 6) is 1.31. The van der Waals surface area contributed by atoms with Crippen LogP contribution in [0, 0.1) is 5.92 Å². The van der Waals surface area contributed by atoms with Crippen LogP contribution in [0.3, 0.4) is 0 Å². The lowest BCUT2D eigenvalue weighted by molar-refractivity contribution is 0.339. The predicted molar refractivity (Wildman–Crippen MR) is 84.5 cm³/mol. The van der Waals surface area contributed by atoms with Gasteiger partial charge >= 0.3 is 0 Å². The first-order valence-electron chi connectivity index (χ1n) is 7.60. The van der Waals surface area contributed by atoms with Gasteiger partial charge in [0.2, 0.25) is 0 Å². The molecule has 0 radical (unpaired) electrons. The lowest BCUT2D eigenvalue weighted by Crippen LogP contribution is -2.29. The van der Waals surface area contributed by atoms with Gasteiger partial charge in [0.05, 0.1) is 22.3 Å². The average molecular weight is 295 g/mol. The lowest BCUT2D eigenvalue weighted by Gasteiger charge is -2.30. The quantitative estimate of drug-likeness (QED) is 0.842. The molecule has 3 atom stereocenters. The van der Waals surface area contributed by atoms with E-state index in [0.717, 1.165) is 23.5 Å². The number of nitrogen functional groups attached to an aromatic ring is 1. The Bertz CT molecular complexity index is 476. The third-order valence-electron chi connectivity index (χ3n) is 4.15. The molecule has 1 saturated carbocycles. The molecule has 1 fully saturated rings. The van der Waals surface area contributed by atoms with Crippen molar-refractivity contribution in [3.8, 4) is 5.75 Å². The Morgan fingerprint density at radius 3 is 2.75 bits per heavy atom. The van der Waals surface area contributed by atoms with Crippen molar-refractivity contribution in [1.82, 2.24) is 0 Å². The number of rotatable bonds is 5. The van der Waals surface area contributed by atoms with Crippen molar-refractivity contribution in [3.05, 3.63) is 18.2 Å². The van der Waals surface area contributed by atoms with E-state index in [1.807, 2.05) is 25.1 Å². The molecule has 0 saturated heterocycles. The molecule has 1 aromatic rings. The number of nitrogens with two attached hydrogens (primary N) is 1. The fraction of sp³-hybridized carbons (Fsp3) is 0.625. The first-order valence-corrected chi connectivity index (χ1v) is 8.81. The van der Waals surface area contributed by atoms with E-state index < -0.39 is 10.8 Å². The van der Waals surface area contributed by atoms with Gasteiger partial charge < -0.3 is 10.5 Å². The van der Waals surface area contributed by atoms with Crippen LogP contribution in [0.2, 0.25) is 0 Å². The van der Waals surface area contributed by atoms with Crippen molar-refractivity contribution in [3.63, 3.8) is 0 Å². The molecule has 0 heterocycles. The summed E-state index contributed by atoms with van der Waals surface area (Å²) in [6, 6.07) is 5.51. The minimum atomic E-state index is -1.03. The minimum absolute atomic E-state index is 0.243. The lowest BCUT2D eigenvalue weighted by atomic mass is 9.87. The molecule has 112 valence electrons. The maximum atomic E-state index is 12.9. The summed E-state index contributed by atoms with van der Waals surface area (Å²) in [5.41, 5.74) is 6.65. The third kappa shape index (κ3) is 3.35. The Morgan fingerprint density at radius 2 is 2.05 bits per heavy atom. The third-order valence-corrected chi connectivity index (χ3v) is 6.11. The standard InChI is InChI=1S/C16H25NO2S/c1-3-12-7-5-6-8-15(12)20(18)16-11-13(19-4-2)9-10-14(16)17/h9-12,15H,3-8,17H2,1-2H3. The van der Waals surface area contributed by atoms with Gasteiger partial charge in [-0.15, -0.1) is 0 Å². The van der Waals surface area contributed by atoms with Crippen LogP contribution in [0.4, 0.5) is 5.69 Å². The van der Waals surface area contributed by atoms with Crippen molar-refractivity contribution in [1.29, 1.82) is 0 Å². The summed E-state index contributed by atoms with van der Waals surface area (Å²) in [6.45, 7) is 4.75. The van der Waals surface area contributed by atoms with Crippen molar-refractivity contribution >= 4 is 16.5 Å². The highest BCUT2D eigenvalue weighted by Gasteiger charge is 2.30. The van der Waals surface area contributed by atoms with E-state index in [9.17, 15) is 4.21 Å². The van der Waals surface area contributed by atoms with E-state index in [4.69, 9.17) is 10.5 Å². The van der Waals surface area contributed by atoms with E-state index in [0.29, 0.717) is 18.2 Å². The van der Waals surface area contributed by atoms with Crippen LogP contribution >= 0.6 is 0 Å². The summed E-state index contributed by atoms with van der Waals surface area (Å²) in [6.07, 6.45) is 5.78. The van der Waals surface area contributed by atoms with Gasteiger partial charge in [0.1, 0.15) is 5.75 Å². The number of hydrogen-bond donors (Lipinski definition) is 1. The zero-order valence-corrected chi connectivity index (χ0v) is 13.2. The summed E-state index contributed by atoms with van der Waals surface area (Å²) in [5, 5.41) is 0.243. The molecule has 2 N–H and O–H groups in total. The summed E-state index contributed by atoms with van der Waals surface area (Å²) < 4.78 is 18.4. The van der Waals surface area contributed by atoms with E-state index in [-0.39, 0.29) is 5.25 Å². The van der Waals surface area contributed by atoms with Crippen molar-refractivity contribution in [2.24, 2.45) is 5.92 Å². The summed E-state index contributed by atoms with van der Waals surface area (Å²) >= 11 is 0. The normalized spacial score (nSPS) is 24.3. The van der Waals surface area contributed by atoms with Gasteiger partial charge in [-0.25, -0.2) is 0 Å². The van der Waals surface area contributed by atoms with E-state index in [1.165, 1.54) is 19.3 Å². The topological polar surface area (TPSA) is 52.3 Å². The van der Waals surface area contributed by atoms with Crippen LogP contribution < -0.4 is 10.5 Å². The number of hydrogen-bond acceptors (Lipinski definition) is 3. The molecule has 3 unspecified atom stereocenters. The first kappa shape index (κ1) is 15.4. The smallest absolute Gasteiger partial charge is 0.120 e. The van der Waals surface area contributed by atoms with Crippen LogP contribution in [-0.4, -0.2) is 16.1 Å². The van der Waals surface area contributed by atoms with Crippen molar-refractivity contribution < 1.29 is 8.95 Å². The highest BCUT2D eigenvalue weighted by molar-refractivity contribution is 7.85. The zero-order chi connectivity index (χ0) is 14.5. The highest BCUT2D eigenvalue weighted by Crippen LogP contribution is 2.35. The maximum absolute atomic E-state index is 12.9. The van der Waals surface area contributed by atoms with Crippen LogP contribution in [0.1, 0.15) is 46.0 Å². The molecule has 20 heavy (non-hydrogen) atoms. The second kappa shape index (κ2) is 7.11. The van der Waals surface area contributed by atoms with Gasteiger partial charge in [-0.1, -0.05) is 26.2 Å². The van der Waals surface area contributed by atoms with Crippen LogP contribution in [-0.2, 0) is 10.8 Å². The molecule has 0 bridgehead atoms. The van der Waals surface area contributed by atoms with Gasteiger partial charge in [-0.3, -0.25) is 4.21 Å². The molecule has 1 aliphatic carbocycles. The van der Waals surface area contributed by atoms with Gasteiger partial charge in [0.15, 0.2) is 0 Å². The molecule has 3 nitrogen and oxygen atoms in total. The Hall–Kier alpha value is -1.03. The monoisotopic (exact) mass is 295 g/mol. The molecule has 1 aromatic carbocycles. The second-order valence-electron chi connectivity index (χ2n) is 5.42. The fourth-order valence-electron chi connectivity index (χ4n) is 3.03. The number of benzene rings is 1. The van der Waals surface area contributed by atoms with Crippen LogP contribution in [0.25, 0.3) is 0 Å². The maximum Gasteiger partial charge on any atom is 0.120 e. The highest BCUT2D eigenvalue weighted by atomic mass is 32.2. The fourth-order valence-corrected chi connectivity index (χ4v) is 4.95. The molecule has 2 rings (SSSR count). The molecule has 4 heteroatoms. The van der Waals surface area contributed by atoms with Gasteiger partial charge in [-0.2, -0.15) is 0 Å². The van der Waals surface area contributed by atoms with E-state index in [2.05, 4.69) is 6.92 Å². The first-order chi connectivity index (χ1) is 9.67. The van der Waals surface area contributed by atoms with Crippen LogP contribution in [0.5, 0.6) is 5.75 Å². The van der Waals surface area contributed by atoms with Crippen molar-refractivity contribution in [2.75, 3.05) is 12.3 Å². The van der Waals surface area contributed by atoms with Gasteiger partial charge in [-0.05, 0) is 43.9 Å². The van der Waals surface area contributed by atoms with Gasteiger partial charge in [0.25, 0.3) is 0 Å². The molecular weight excluding hydrogens is 270 g/mol.